The lowest BCUT2D eigenvalue weighted by atomic mass is 9.77. The fourth-order valence-corrected chi connectivity index (χ4v) is 4.02. The topological polar surface area (TPSA) is 69.3 Å². The first-order valence-corrected chi connectivity index (χ1v) is 9.64. The minimum Gasteiger partial charge on any atom is -0.343 e. The van der Waals surface area contributed by atoms with Crippen molar-refractivity contribution in [1.82, 2.24) is 20.0 Å². The average Bonchev–Trinajstić information content (AvgIpc) is 3.22. The van der Waals surface area contributed by atoms with Gasteiger partial charge in [-0.05, 0) is 45.1 Å². The number of hydrogen-bond acceptors (Lipinski definition) is 3. The van der Waals surface area contributed by atoms with Gasteiger partial charge in [0.1, 0.15) is 0 Å². The Labute approximate surface area is 155 Å². The van der Waals surface area contributed by atoms with Gasteiger partial charge in [0.05, 0.1) is 6.20 Å². The summed E-state index contributed by atoms with van der Waals surface area (Å²) in [6.07, 6.45) is 10.7. The summed E-state index contributed by atoms with van der Waals surface area (Å²) in [5.41, 5.74) is 2.48. The fourth-order valence-electron chi connectivity index (χ4n) is 4.02. The van der Waals surface area contributed by atoms with Crippen molar-refractivity contribution in [3.05, 3.63) is 29.6 Å². The maximum absolute atomic E-state index is 12.5. The number of amides is 2. The molecule has 142 valence electrons. The van der Waals surface area contributed by atoms with Crippen molar-refractivity contribution in [1.29, 1.82) is 0 Å². The molecule has 6 heteroatoms. The van der Waals surface area contributed by atoms with E-state index in [-0.39, 0.29) is 17.2 Å². The molecule has 26 heavy (non-hydrogen) atoms. The van der Waals surface area contributed by atoms with Crippen molar-refractivity contribution in [2.24, 2.45) is 5.41 Å². The molecule has 1 aromatic heterocycles. The van der Waals surface area contributed by atoms with Gasteiger partial charge in [-0.25, -0.2) is 0 Å². The number of aromatic nitrogens is 2. The van der Waals surface area contributed by atoms with Crippen LogP contribution in [0.3, 0.4) is 0 Å². The second kappa shape index (κ2) is 8.06. The summed E-state index contributed by atoms with van der Waals surface area (Å²) in [6.45, 7) is 7.26. The molecule has 1 aromatic rings. The molecule has 1 spiro atoms. The number of nitrogens with one attached hydrogen (secondary N) is 1. The van der Waals surface area contributed by atoms with E-state index in [0.29, 0.717) is 12.8 Å². The number of aromatic amines is 1. The van der Waals surface area contributed by atoms with Crippen molar-refractivity contribution in [2.75, 3.05) is 26.2 Å². The lowest BCUT2D eigenvalue weighted by Gasteiger charge is -2.38. The minimum atomic E-state index is 0.0835. The van der Waals surface area contributed by atoms with Crippen molar-refractivity contribution in [2.45, 2.75) is 52.4 Å². The van der Waals surface area contributed by atoms with E-state index in [9.17, 15) is 9.59 Å². The zero-order chi connectivity index (χ0) is 18.6. The molecule has 2 fully saturated rings. The normalized spacial score (nSPS) is 19.2. The van der Waals surface area contributed by atoms with Crippen molar-refractivity contribution in [3.8, 4) is 0 Å². The zero-order valence-electron chi connectivity index (χ0n) is 16.0. The number of piperidine rings is 1. The Bertz CT molecular complexity index is 653. The highest BCUT2D eigenvalue weighted by atomic mass is 16.2. The van der Waals surface area contributed by atoms with Crippen molar-refractivity contribution in [3.63, 3.8) is 0 Å². The highest BCUT2D eigenvalue weighted by molar-refractivity contribution is 5.80. The molecule has 2 aliphatic rings. The maximum Gasteiger partial charge on any atom is 0.223 e. The molecule has 2 saturated heterocycles. The predicted molar refractivity (Wildman–Crippen MR) is 100 cm³/mol. The average molecular weight is 358 g/mol. The Morgan fingerprint density at radius 3 is 2.77 bits per heavy atom. The van der Waals surface area contributed by atoms with Crippen LogP contribution in [0.1, 0.15) is 51.5 Å². The van der Waals surface area contributed by atoms with E-state index in [4.69, 9.17) is 0 Å². The Balaban J connectivity index is 1.44. The summed E-state index contributed by atoms with van der Waals surface area (Å²) >= 11 is 0. The molecule has 3 heterocycles. The van der Waals surface area contributed by atoms with Gasteiger partial charge in [-0.2, -0.15) is 5.10 Å². The van der Waals surface area contributed by atoms with E-state index >= 15 is 0 Å². The SMILES string of the molecule is CC(C)=CCN1CC2(CCN(C(=O)CCCc3cn[nH]c3)CC2)CC1=O. The number of rotatable bonds is 6. The molecule has 0 aromatic carbocycles. The molecule has 0 bridgehead atoms. The summed E-state index contributed by atoms with van der Waals surface area (Å²) in [5.74, 6) is 0.511. The largest absolute Gasteiger partial charge is 0.343 e. The van der Waals surface area contributed by atoms with E-state index < -0.39 is 0 Å². The molecule has 6 nitrogen and oxygen atoms in total. The molecule has 1 N–H and O–H groups in total. The third-order valence-corrected chi connectivity index (χ3v) is 5.71. The highest BCUT2D eigenvalue weighted by Crippen LogP contribution is 2.41. The molecule has 0 unspecified atom stereocenters. The number of hydrogen-bond donors (Lipinski definition) is 1. The van der Waals surface area contributed by atoms with Crippen LogP contribution in [0.5, 0.6) is 0 Å². The monoisotopic (exact) mass is 358 g/mol. The fraction of sp³-hybridized carbons (Fsp3) is 0.650. The molecule has 0 saturated carbocycles. The van der Waals surface area contributed by atoms with Crippen LogP contribution in [0.25, 0.3) is 0 Å². The van der Waals surface area contributed by atoms with Crippen LogP contribution in [-0.4, -0.2) is 58.0 Å². The number of nitrogens with zero attached hydrogens (tertiary/aromatic N) is 3. The van der Waals surface area contributed by atoms with E-state index in [1.807, 2.05) is 22.2 Å². The van der Waals surface area contributed by atoms with Gasteiger partial charge in [-0.1, -0.05) is 11.6 Å². The van der Waals surface area contributed by atoms with Gasteiger partial charge in [0.25, 0.3) is 0 Å². The van der Waals surface area contributed by atoms with Crippen molar-refractivity contribution < 1.29 is 9.59 Å². The smallest absolute Gasteiger partial charge is 0.223 e. The first-order valence-electron chi connectivity index (χ1n) is 9.64. The Kier molecular flexibility index (Phi) is 5.79. The molecule has 2 aliphatic heterocycles. The Hall–Kier alpha value is -2.11. The lowest BCUT2D eigenvalue weighted by Crippen LogP contribution is -2.44. The van der Waals surface area contributed by atoms with Crippen LogP contribution in [0.4, 0.5) is 0 Å². The van der Waals surface area contributed by atoms with E-state index in [1.165, 1.54) is 5.57 Å². The molecule has 2 amide bonds. The molecular weight excluding hydrogens is 328 g/mol. The quantitative estimate of drug-likeness (QED) is 0.795. The summed E-state index contributed by atoms with van der Waals surface area (Å²) in [7, 11) is 0. The van der Waals surface area contributed by atoms with Gasteiger partial charge >= 0.3 is 0 Å². The van der Waals surface area contributed by atoms with Gasteiger partial charge < -0.3 is 9.80 Å². The summed E-state index contributed by atoms with van der Waals surface area (Å²) < 4.78 is 0. The van der Waals surface area contributed by atoms with E-state index in [0.717, 1.165) is 57.4 Å². The number of allylic oxidation sites excluding steroid dienone is 1. The van der Waals surface area contributed by atoms with Gasteiger partial charge in [0.2, 0.25) is 11.8 Å². The van der Waals surface area contributed by atoms with Gasteiger partial charge in [0, 0.05) is 50.6 Å². The Morgan fingerprint density at radius 2 is 2.12 bits per heavy atom. The maximum atomic E-state index is 12.5. The van der Waals surface area contributed by atoms with Crippen LogP contribution in [0.15, 0.2) is 24.0 Å². The molecule has 0 atom stereocenters. The van der Waals surface area contributed by atoms with Crippen LogP contribution in [0.2, 0.25) is 0 Å². The second-order valence-corrected chi connectivity index (χ2v) is 8.07. The van der Waals surface area contributed by atoms with Crippen LogP contribution in [-0.2, 0) is 16.0 Å². The third kappa shape index (κ3) is 4.54. The number of likely N-dealkylation sites (tertiary alicyclic amines) is 2. The Morgan fingerprint density at radius 1 is 1.35 bits per heavy atom. The summed E-state index contributed by atoms with van der Waals surface area (Å²) in [4.78, 5) is 28.8. The predicted octanol–water partition coefficient (Wildman–Crippen LogP) is 2.54. The third-order valence-electron chi connectivity index (χ3n) is 5.71. The van der Waals surface area contributed by atoms with E-state index in [1.54, 1.807) is 0 Å². The molecule has 0 aliphatic carbocycles. The number of carbonyl (C=O) groups is 2. The van der Waals surface area contributed by atoms with Crippen LogP contribution >= 0.6 is 0 Å². The number of carbonyl (C=O) groups excluding carboxylic acids is 2. The summed E-state index contributed by atoms with van der Waals surface area (Å²) in [5, 5.41) is 6.73. The first-order chi connectivity index (χ1) is 12.5. The zero-order valence-corrected chi connectivity index (χ0v) is 16.0. The van der Waals surface area contributed by atoms with Gasteiger partial charge in [-0.3, -0.25) is 14.7 Å². The number of aryl methyl sites for hydroxylation is 1. The van der Waals surface area contributed by atoms with Gasteiger partial charge in [-0.15, -0.1) is 0 Å². The second-order valence-electron chi connectivity index (χ2n) is 8.07. The molecule has 3 rings (SSSR count). The van der Waals surface area contributed by atoms with Crippen molar-refractivity contribution >= 4 is 11.8 Å². The molecular formula is C20H30N4O2. The summed E-state index contributed by atoms with van der Waals surface area (Å²) in [6, 6.07) is 0. The standard InChI is InChI=1S/C20H30N4O2/c1-16(2)6-9-24-15-20(12-19(24)26)7-10-23(11-8-20)18(25)5-3-4-17-13-21-22-14-17/h6,13-14H,3-5,7-12,15H2,1-2H3,(H,21,22). The van der Waals surface area contributed by atoms with E-state index in [2.05, 4.69) is 30.1 Å². The molecule has 0 radical (unpaired) electrons. The van der Waals surface area contributed by atoms with Gasteiger partial charge in [0.15, 0.2) is 0 Å². The highest BCUT2D eigenvalue weighted by Gasteiger charge is 2.44. The lowest BCUT2D eigenvalue weighted by molar-refractivity contribution is -0.133. The van der Waals surface area contributed by atoms with Crippen LogP contribution < -0.4 is 0 Å². The number of H-pyrrole nitrogens is 1. The van der Waals surface area contributed by atoms with Crippen LogP contribution in [0, 0.1) is 5.41 Å². The first kappa shape index (κ1) is 18.7. The minimum absolute atomic E-state index is 0.0835.